The zero-order valence-electron chi connectivity index (χ0n) is 18.4. The summed E-state index contributed by atoms with van der Waals surface area (Å²) in [7, 11) is 1.65. The number of guanidine groups is 1. The minimum Gasteiger partial charge on any atom is -0.383 e. The van der Waals surface area contributed by atoms with E-state index in [1.54, 1.807) is 19.2 Å². The second-order valence-corrected chi connectivity index (χ2v) is 7.47. The number of piperazine rings is 1. The molecule has 0 saturated carbocycles. The van der Waals surface area contributed by atoms with Gasteiger partial charge in [-0.3, -0.25) is 19.8 Å². The minimum absolute atomic E-state index is 0. The average Bonchev–Trinajstić information content (AvgIpc) is 2.71. The number of carbonyl (C=O) groups excluding carboxylic acids is 1. The first-order valence-electron chi connectivity index (χ1n) is 10.2. The Balaban J connectivity index is 0.00000480. The quantitative estimate of drug-likeness (QED) is 0.120. The van der Waals surface area contributed by atoms with Crippen molar-refractivity contribution >= 4 is 41.5 Å². The monoisotopic (exact) mass is 548 g/mol. The van der Waals surface area contributed by atoms with Gasteiger partial charge in [0.15, 0.2) is 5.96 Å². The molecule has 31 heavy (non-hydrogen) atoms. The summed E-state index contributed by atoms with van der Waals surface area (Å²) in [6.07, 6.45) is 0. The number of nitro groups is 1. The molecule has 0 unspecified atom stereocenters. The molecule has 1 saturated heterocycles. The van der Waals surface area contributed by atoms with Crippen LogP contribution in [0.15, 0.2) is 29.3 Å². The number of benzene rings is 1. The van der Waals surface area contributed by atoms with Crippen molar-refractivity contribution in [1.82, 2.24) is 20.4 Å². The molecule has 1 aliphatic heterocycles. The van der Waals surface area contributed by atoms with Gasteiger partial charge >= 0.3 is 0 Å². The zero-order chi connectivity index (χ0) is 21.9. The number of carbonyl (C=O) groups is 1. The summed E-state index contributed by atoms with van der Waals surface area (Å²) in [5.74, 6) is 0.820. The van der Waals surface area contributed by atoms with Gasteiger partial charge in [-0.2, -0.15) is 0 Å². The molecule has 10 nitrogen and oxygen atoms in total. The topological polar surface area (TPSA) is 112 Å². The summed E-state index contributed by atoms with van der Waals surface area (Å²) < 4.78 is 5.12. The number of ether oxygens (including phenoxy) is 1. The highest BCUT2D eigenvalue weighted by Crippen LogP contribution is 2.13. The van der Waals surface area contributed by atoms with Crippen molar-refractivity contribution in [2.75, 3.05) is 53.0 Å². The molecule has 2 N–H and O–H groups in total. The molecule has 0 aliphatic carbocycles. The molecule has 174 valence electrons. The highest BCUT2D eigenvalue weighted by molar-refractivity contribution is 14.0. The van der Waals surface area contributed by atoms with Crippen molar-refractivity contribution in [1.29, 1.82) is 0 Å². The van der Waals surface area contributed by atoms with Gasteiger partial charge in [0.2, 0.25) is 5.91 Å². The van der Waals surface area contributed by atoms with Gasteiger partial charge in [-0.15, -0.1) is 24.0 Å². The fourth-order valence-corrected chi connectivity index (χ4v) is 3.11. The number of rotatable bonds is 9. The molecule has 11 heteroatoms. The van der Waals surface area contributed by atoms with Crippen LogP contribution in [0.3, 0.4) is 0 Å². The van der Waals surface area contributed by atoms with Crippen LogP contribution in [0.4, 0.5) is 5.69 Å². The van der Waals surface area contributed by atoms with E-state index in [1.165, 1.54) is 12.1 Å². The van der Waals surface area contributed by atoms with E-state index in [0.717, 1.165) is 37.7 Å². The van der Waals surface area contributed by atoms with Crippen LogP contribution in [0.5, 0.6) is 0 Å². The van der Waals surface area contributed by atoms with Gasteiger partial charge in [-0.05, 0) is 19.4 Å². The van der Waals surface area contributed by atoms with E-state index in [1.807, 2.05) is 13.8 Å². The van der Waals surface area contributed by atoms with Crippen LogP contribution in [0.2, 0.25) is 0 Å². The van der Waals surface area contributed by atoms with E-state index in [-0.39, 0.29) is 41.6 Å². The van der Waals surface area contributed by atoms with Crippen LogP contribution < -0.4 is 10.6 Å². The number of halogens is 1. The van der Waals surface area contributed by atoms with Gasteiger partial charge in [0.1, 0.15) is 0 Å². The highest BCUT2D eigenvalue weighted by atomic mass is 127. The Bertz CT molecular complexity index is 721. The van der Waals surface area contributed by atoms with Gasteiger partial charge in [-0.25, -0.2) is 4.99 Å². The van der Waals surface area contributed by atoms with E-state index in [4.69, 9.17) is 9.73 Å². The largest absolute Gasteiger partial charge is 0.383 e. The van der Waals surface area contributed by atoms with Crippen molar-refractivity contribution in [3.05, 3.63) is 39.9 Å². The van der Waals surface area contributed by atoms with E-state index in [0.29, 0.717) is 26.2 Å². The van der Waals surface area contributed by atoms with E-state index < -0.39 is 4.92 Å². The third-order valence-corrected chi connectivity index (χ3v) is 4.64. The number of hydrogen-bond donors (Lipinski definition) is 2. The second-order valence-electron chi connectivity index (χ2n) is 7.47. The van der Waals surface area contributed by atoms with E-state index >= 15 is 0 Å². The fraction of sp³-hybridized carbons (Fsp3) is 0.600. The van der Waals surface area contributed by atoms with Gasteiger partial charge in [0.25, 0.3) is 5.69 Å². The number of nitrogens with one attached hydrogen (secondary N) is 2. The molecular weight excluding hydrogens is 515 g/mol. The van der Waals surface area contributed by atoms with Gasteiger partial charge in [-0.1, -0.05) is 12.1 Å². The number of aliphatic imine (C=N–C) groups is 1. The van der Waals surface area contributed by atoms with Crippen molar-refractivity contribution in [2.45, 2.75) is 26.4 Å². The van der Waals surface area contributed by atoms with Crippen LogP contribution in [0.1, 0.15) is 19.4 Å². The Morgan fingerprint density at radius 3 is 2.42 bits per heavy atom. The van der Waals surface area contributed by atoms with E-state index in [2.05, 4.69) is 20.4 Å². The second kappa shape index (κ2) is 14.1. The number of hydrogen-bond acceptors (Lipinski definition) is 6. The predicted octanol–water partition coefficient (Wildman–Crippen LogP) is 1.45. The van der Waals surface area contributed by atoms with Crippen molar-refractivity contribution in [3.63, 3.8) is 0 Å². The molecule has 1 aromatic carbocycles. The summed E-state index contributed by atoms with van der Waals surface area (Å²) >= 11 is 0. The lowest BCUT2D eigenvalue weighted by molar-refractivity contribution is -0.384. The van der Waals surface area contributed by atoms with Crippen LogP contribution in [0.25, 0.3) is 0 Å². The first kappa shape index (κ1) is 27.0. The summed E-state index contributed by atoms with van der Waals surface area (Å²) in [6.45, 7) is 8.98. The minimum atomic E-state index is -0.411. The lowest BCUT2D eigenvalue weighted by atomic mass is 10.2. The summed E-state index contributed by atoms with van der Waals surface area (Å²) in [4.78, 5) is 31.4. The maximum Gasteiger partial charge on any atom is 0.269 e. The molecule has 1 aromatic rings. The SMILES string of the molecule is COCCNC(=NCc1ccc([N+](=O)[O-])cc1)N1CCN(CC(=O)NC(C)C)CC1.I. The first-order valence-corrected chi connectivity index (χ1v) is 10.2. The molecule has 0 atom stereocenters. The maximum atomic E-state index is 12.0. The summed E-state index contributed by atoms with van der Waals surface area (Å²) in [5.41, 5.74) is 0.967. The van der Waals surface area contributed by atoms with Crippen LogP contribution >= 0.6 is 24.0 Å². The molecule has 0 bridgehead atoms. The van der Waals surface area contributed by atoms with Gasteiger partial charge in [0.05, 0.1) is 24.6 Å². The first-order chi connectivity index (χ1) is 14.4. The lowest BCUT2D eigenvalue weighted by Gasteiger charge is -2.36. The predicted molar refractivity (Wildman–Crippen MR) is 131 cm³/mol. The number of amides is 1. The molecule has 1 heterocycles. The third kappa shape index (κ3) is 9.78. The molecular formula is C20H33IN6O4. The van der Waals surface area contributed by atoms with Crippen LogP contribution in [0, 0.1) is 10.1 Å². The van der Waals surface area contributed by atoms with Crippen molar-refractivity contribution in [2.24, 2.45) is 4.99 Å². The standard InChI is InChI=1S/C20H32N6O4.HI/c1-16(2)23-19(27)15-24-9-11-25(12-10-24)20(21-8-13-30-3)22-14-17-4-6-18(7-5-17)26(28)29;/h4-7,16H,8-15H2,1-3H3,(H,21,22)(H,23,27);1H. The van der Waals surface area contributed by atoms with Crippen molar-refractivity contribution < 1.29 is 14.5 Å². The highest BCUT2D eigenvalue weighted by Gasteiger charge is 2.21. The van der Waals surface area contributed by atoms with E-state index in [9.17, 15) is 14.9 Å². The molecule has 0 aromatic heterocycles. The zero-order valence-corrected chi connectivity index (χ0v) is 20.7. The van der Waals surface area contributed by atoms with Gasteiger partial charge < -0.3 is 20.3 Å². The van der Waals surface area contributed by atoms with Crippen LogP contribution in [-0.2, 0) is 16.1 Å². The number of nitro benzene ring substituents is 1. The van der Waals surface area contributed by atoms with Crippen molar-refractivity contribution in [3.8, 4) is 0 Å². The Labute approximate surface area is 200 Å². The lowest BCUT2D eigenvalue weighted by Crippen LogP contribution is -2.54. The average molecular weight is 548 g/mol. The number of methoxy groups -OCH3 is 1. The Kier molecular flexibility index (Phi) is 12.3. The maximum absolute atomic E-state index is 12.0. The Hall–Kier alpha value is -1.99. The normalized spacial score (nSPS) is 14.8. The molecule has 0 spiro atoms. The third-order valence-electron chi connectivity index (χ3n) is 4.64. The molecule has 0 radical (unpaired) electrons. The smallest absolute Gasteiger partial charge is 0.269 e. The fourth-order valence-electron chi connectivity index (χ4n) is 3.11. The summed E-state index contributed by atoms with van der Waals surface area (Å²) in [6, 6.07) is 6.56. The van der Waals surface area contributed by atoms with Crippen LogP contribution in [-0.4, -0.2) is 85.6 Å². The molecule has 1 amide bonds. The number of non-ortho nitro benzene ring substituents is 1. The Morgan fingerprint density at radius 2 is 1.87 bits per heavy atom. The number of nitrogens with zero attached hydrogens (tertiary/aromatic N) is 4. The molecule has 2 rings (SSSR count). The molecule has 1 aliphatic rings. The Morgan fingerprint density at radius 1 is 1.23 bits per heavy atom. The van der Waals surface area contributed by atoms with Gasteiger partial charge in [0, 0.05) is 58.0 Å². The molecule has 1 fully saturated rings. The summed E-state index contributed by atoms with van der Waals surface area (Å²) in [5, 5.41) is 17.0.